The van der Waals surface area contributed by atoms with Crippen molar-refractivity contribution in [2.45, 2.75) is 38.1 Å². The van der Waals surface area contributed by atoms with Gasteiger partial charge in [-0.1, -0.05) is 0 Å². The maximum absolute atomic E-state index is 12.4. The van der Waals surface area contributed by atoms with E-state index in [2.05, 4.69) is 27.3 Å². The number of carboxylic acids is 1. The lowest BCUT2D eigenvalue weighted by Crippen LogP contribution is -2.45. The standard InChI is InChI=1S/C19H28N4O3/c1-20-16(18(25)26)2-3-17(24)22-11-6-19(7-12-22)8-13-23(14-19)15-4-9-21-10-5-15/h4-5,9-10,16,20H,2-3,6-8,11-14H2,1H3,(H,25,26)/t16-/m0/s1. The van der Waals surface area contributed by atoms with Crippen LogP contribution < -0.4 is 10.2 Å². The van der Waals surface area contributed by atoms with Crippen LogP contribution in [0.15, 0.2) is 24.5 Å². The Bertz CT molecular complexity index is 629. The molecule has 1 aromatic heterocycles. The van der Waals surface area contributed by atoms with E-state index < -0.39 is 12.0 Å². The van der Waals surface area contributed by atoms with Crippen molar-refractivity contribution in [1.29, 1.82) is 0 Å². The Hall–Kier alpha value is -2.15. The normalized spacial score (nSPS) is 20.3. The van der Waals surface area contributed by atoms with Crippen LogP contribution in [0.3, 0.4) is 0 Å². The third-order valence-corrected chi connectivity index (χ3v) is 5.94. The minimum Gasteiger partial charge on any atom is -0.480 e. The molecule has 2 aliphatic rings. The van der Waals surface area contributed by atoms with Crippen LogP contribution in [0, 0.1) is 5.41 Å². The molecule has 1 aromatic rings. The summed E-state index contributed by atoms with van der Waals surface area (Å²) < 4.78 is 0. The molecule has 3 rings (SSSR count). The van der Waals surface area contributed by atoms with Gasteiger partial charge < -0.3 is 20.2 Å². The van der Waals surface area contributed by atoms with Gasteiger partial charge in [-0.15, -0.1) is 0 Å². The summed E-state index contributed by atoms with van der Waals surface area (Å²) in [6, 6.07) is 3.45. The molecule has 7 nitrogen and oxygen atoms in total. The van der Waals surface area contributed by atoms with Gasteiger partial charge >= 0.3 is 5.97 Å². The van der Waals surface area contributed by atoms with Crippen LogP contribution >= 0.6 is 0 Å². The van der Waals surface area contributed by atoms with Crippen molar-refractivity contribution in [3.05, 3.63) is 24.5 Å². The number of nitrogens with one attached hydrogen (secondary N) is 1. The Morgan fingerprint density at radius 3 is 2.50 bits per heavy atom. The highest BCUT2D eigenvalue weighted by atomic mass is 16.4. The molecule has 142 valence electrons. The van der Waals surface area contributed by atoms with E-state index in [1.165, 1.54) is 5.69 Å². The number of aliphatic carboxylic acids is 1. The van der Waals surface area contributed by atoms with Gasteiger partial charge in [-0.2, -0.15) is 0 Å². The van der Waals surface area contributed by atoms with Gasteiger partial charge in [0, 0.05) is 50.7 Å². The van der Waals surface area contributed by atoms with Gasteiger partial charge in [-0.05, 0) is 50.3 Å². The largest absolute Gasteiger partial charge is 0.480 e. The topological polar surface area (TPSA) is 85.8 Å². The first kappa shape index (κ1) is 18.6. The number of amides is 1. The lowest BCUT2D eigenvalue weighted by atomic mass is 9.77. The smallest absolute Gasteiger partial charge is 0.320 e. The van der Waals surface area contributed by atoms with Crippen LogP contribution in [0.5, 0.6) is 0 Å². The predicted octanol–water partition coefficient (Wildman–Crippen LogP) is 1.35. The SMILES string of the molecule is CN[C@@H](CCC(=O)N1CCC2(CC1)CCN(c1ccncc1)C2)C(=O)O. The van der Waals surface area contributed by atoms with Crippen LogP contribution in [0.2, 0.25) is 0 Å². The molecule has 0 radical (unpaired) electrons. The zero-order valence-electron chi connectivity index (χ0n) is 15.4. The summed E-state index contributed by atoms with van der Waals surface area (Å²) in [6.45, 7) is 3.65. The number of piperidine rings is 1. The molecule has 2 fully saturated rings. The molecule has 1 spiro atoms. The van der Waals surface area contributed by atoms with Crippen LogP contribution in [0.4, 0.5) is 5.69 Å². The minimum atomic E-state index is -0.903. The quantitative estimate of drug-likeness (QED) is 0.797. The number of carbonyl (C=O) groups excluding carboxylic acids is 1. The Morgan fingerprint density at radius 1 is 1.23 bits per heavy atom. The summed E-state index contributed by atoms with van der Waals surface area (Å²) in [5.74, 6) is -0.828. The van der Waals surface area contributed by atoms with Gasteiger partial charge in [0.25, 0.3) is 0 Å². The van der Waals surface area contributed by atoms with Crippen LogP contribution in [-0.4, -0.2) is 66.1 Å². The fraction of sp³-hybridized carbons (Fsp3) is 0.632. The van der Waals surface area contributed by atoms with E-state index in [1.54, 1.807) is 7.05 Å². The number of aromatic nitrogens is 1. The molecule has 0 aromatic carbocycles. The Kier molecular flexibility index (Phi) is 5.76. The Balaban J connectivity index is 1.48. The first-order valence-electron chi connectivity index (χ1n) is 9.36. The zero-order chi connectivity index (χ0) is 18.6. The average Bonchev–Trinajstić information content (AvgIpc) is 3.07. The second kappa shape index (κ2) is 8.03. The van der Waals surface area contributed by atoms with Gasteiger partial charge in [0.2, 0.25) is 5.91 Å². The number of carboxylic acid groups (broad SMARTS) is 1. The molecule has 0 bridgehead atoms. The lowest BCUT2D eigenvalue weighted by Gasteiger charge is -2.39. The summed E-state index contributed by atoms with van der Waals surface area (Å²) in [5, 5.41) is 11.8. The number of likely N-dealkylation sites (tertiary alicyclic amines) is 1. The number of rotatable bonds is 6. The highest BCUT2D eigenvalue weighted by Crippen LogP contribution is 2.41. The summed E-state index contributed by atoms with van der Waals surface area (Å²) in [4.78, 5) is 31.9. The first-order valence-corrected chi connectivity index (χ1v) is 9.36. The van der Waals surface area contributed by atoms with Crippen molar-refractivity contribution in [2.75, 3.05) is 38.1 Å². The summed E-state index contributed by atoms with van der Waals surface area (Å²) >= 11 is 0. The molecule has 0 unspecified atom stereocenters. The summed E-state index contributed by atoms with van der Waals surface area (Å²) in [6.07, 6.45) is 7.49. The summed E-state index contributed by atoms with van der Waals surface area (Å²) in [7, 11) is 1.61. The summed E-state index contributed by atoms with van der Waals surface area (Å²) in [5.41, 5.74) is 1.52. The van der Waals surface area contributed by atoms with Gasteiger partial charge in [0.1, 0.15) is 6.04 Å². The number of nitrogens with zero attached hydrogens (tertiary/aromatic N) is 3. The Labute approximate surface area is 154 Å². The van der Waals surface area contributed by atoms with Gasteiger partial charge in [-0.3, -0.25) is 14.6 Å². The van der Waals surface area contributed by atoms with Crippen molar-refractivity contribution in [1.82, 2.24) is 15.2 Å². The lowest BCUT2D eigenvalue weighted by molar-refractivity contribution is -0.140. The van der Waals surface area contributed by atoms with Crippen LogP contribution in [-0.2, 0) is 9.59 Å². The molecule has 1 atom stereocenters. The first-order chi connectivity index (χ1) is 12.5. The molecule has 3 heterocycles. The van der Waals surface area contributed by atoms with E-state index in [-0.39, 0.29) is 12.3 Å². The minimum absolute atomic E-state index is 0.0744. The highest BCUT2D eigenvalue weighted by Gasteiger charge is 2.41. The molecular weight excluding hydrogens is 332 g/mol. The molecule has 2 N–H and O–H groups in total. The van der Waals surface area contributed by atoms with E-state index in [4.69, 9.17) is 5.11 Å². The predicted molar refractivity (Wildman–Crippen MR) is 99.0 cm³/mol. The molecular formula is C19H28N4O3. The van der Waals surface area contributed by atoms with E-state index >= 15 is 0 Å². The molecule has 0 aliphatic carbocycles. The molecule has 1 amide bonds. The number of pyridine rings is 1. The van der Waals surface area contributed by atoms with Gasteiger partial charge in [0.15, 0.2) is 0 Å². The maximum atomic E-state index is 12.4. The van der Waals surface area contributed by atoms with Crippen molar-refractivity contribution in [2.24, 2.45) is 5.41 Å². The van der Waals surface area contributed by atoms with Crippen molar-refractivity contribution < 1.29 is 14.7 Å². The highest BCUT2D eigenvalue weighted by molar-refractivity contribution is 5.78. The fourth-order valence-corrected chi connectivity index (χ4v) is 4.17. The van der Waals surface area contributed by atoms with Crippen molar-refractivity contribution in [3.8, 4) is 0 Å². The number of hydrogen-bond donors (Lipinski definition) is 2. The van der Waals surface area contributed by atoms with Crippen molar-refractivity contribution in [3.63, 3.8) is 0 Å². The number of anilines is 1. The van der Waals surface area contributed by atoms with E-state index in [0.29, 0.717) is 11.8 Å². The van der Waals surface area contributed by atoms with E-state index in [1.807, 2.05) is 17.3 Å². The second-order valence-electron chi connectivity index (χ2n) is 7.48. The zero-order valence-corrected chi connectivity index (χ0v) is 15.4. The second-order valence-corrected chi connectivity index (χ2v) is 7.48. The molecule has 26 heavy (non-hydrogen) atoms. The van der Waals surface area contributed by atoms with Crippen LogP contribution in [0.1, 0.15) is 32.1 Å². The molecule has 2 saturated heterocycles. The molecule has 7 heteroatoms. The Morgan fingerprint density at radius 2 is 1.88 bits per heavy atom. The number of likely N-dealkylation sites (N-methyl/N-ethyl adjacent to an activating group) is 1. The molecule has 2 aliphatic heterocycles. The average molecular weight is 360 g/mol. The van der Waals surface area contributed by atoms with E-state index in [9.17, 15) is 9.59 Å². The maximum Gasteiger partial charge on any atom is 0.320 e. The number of hydrogen-bond acceptors (Lipinski definition) is 5. The monoisotopic (exact) mass is 360 g/mol. The third kappa shape index (κ3) is 4.15. The molecule has 0 saturated carbocycles. The van der Waals surface area contributed by atoms with E-state index in [0.717, 1.165) is 45.4 Å². The van der Waals surface area contributed by atoms with Gasteiger partial charge in [0.05, 0.1) is 0 Å². The third-order valence-electron chi connectivity index (χ3n) is 5.94. The van der Waals surface area contributed by atoms with Gasteiger partial charge in [-0.25, -0.2) is 0 Å². The van der Waals surface area contributed by atoms with Crippen molar-refractivity contribution >= 4 is 17.6 Å². The van der Waals surface area contributed by atoms with Crippen LogP contribution in [0.25, 0.3) is 0 Å². The fourth-order valence-electron chi connectivity index (χ4n) is 4.17. The number of carbonyl (C=O) groups is 2.